The second kappa shape index (κ2) is 13.5. The molecule has 4 aromatic rings. The highest BCUT2D eigenvalue weighted by atomic mass is 19.1. The molecule has 7 rings (SSSR count). The van der Waals surface area contributed by atoms with Gasteiger partial charge < -0.3 is 20.1 Å². The summed E-state index contributed by atoms with van der Waals surface area (Å²) in [5.74, 6) is 0.290. The van der Waals surface area contributed by atoms with E-state index in [2.05, 4.69) is 38.5 Å². The number of piperazine rings is 1. The number of carbonyl (C=O) groups is 1. The van der Waals surface area contributed by atoms with Crippen LogP contribution >= 0.6 is 0 Å². The van der Waals surface area contributed by atoms with E-state index in [1.54, 1.807) is 33.8 Å². The third-order valence-corrected chi connectivity index (χ3v) is 9.82. The van der Waals surface area contributed by atoms with Gasteiger partial charge in [0.15, 0.2) is 5.65 Å². The molecular weight excluding hydrogens is 625 g/mol. The molecule has 3 saturated heterocycles. The minimum atomic E-state index is -0.531. The van der Waals surface area contributed by atoms with Gasteiger partial charge in [-0.1, -0.05) is 24.3 Å². The summed E-state index contributed by atoms with van der Waals surface area (Å²) in [6.45, 7) is 18.1. The molecule has 5 heterocycles. The highest BCUT2D eigenvalue weighted by Crippen LogP contribution is 2.37. The number of halogens is 1. The van der Waals surface area contributed by atoms with E-state index in [0.717, 1.165) is 45.8 Å². The van der Waals surface area contributed by atoms with Crippen LogP contribution in [0.25, 0.3) is 27.1 Å². The third-order valence-electron chi connectivity index (χ3n) is 9.82. The molecule has 3 aliphatic heterocycles. The van der Waals surface area contributed by atoms with Crippen LogP contribution < -0.4 is 10.5 Å². The number of anilines is 1. The van der Waals surface area contributed by atoms with E-state index >= 15 is 4.39 Å². The van der Waals surface area contributed by atoms with Crippen LogP contribution in [-0.4, -0.2) is 104 Å². The number of likely N-dealkylation sites (tertiary alicyclic amines) is 1. The fourth-order valence-corrected chi connectivity index (χ4v) is 6.98. The van der Waals surface area contributed by atoms with Crippen molar-refractivity contribution in [2.75, 3.05) is 58.2 Å². The number of ether oxygens (including phenoxy) is 2. The number of nitrogens with zero attached hydrogens (tertiary/aromatic N) is 8. The summed E-state index contributed by atoms with van der Waals surface area (Å²) in [5, 5.41) is 5.29. The van der Waals surface area contributed by atoms with Gasteiger partial charge in [0.2, 0.25) is 5.70 Å². The number of aromatic nitrogens is 4. The number of rotatable bonds is 8. The maximum atomic E-state index is 15.7. The normalized spacial score (nSPS) is 19.8. The Hall–Kier alpha value is -4.90. The summed E-state index contributed by atoms with van der Waals surface area (Å²) < 4.78 is 28.6. The van der Waals surface area contributed by atoms with Crippen LogP contribution in [0, 0.1) is 12.4 Å². The molecule has 0 aliphatic carbocycles. The number of nitrogens with two attached hydrogens (primary N) is 1. The number of nitrogen functional groups attached to an aromatic ring is 1. The van der Waals surface area contributed by atoms with Crippen molar-refractivity contribution in [3.05, 3.63) is 83.9 Å². The fourth-order valence-electron chi connectivity index (χ4n) is 6.98. The van der Waals surface area contributed by atoms with Crippen LogP contribution in [-0.2, 0) is 9.53 Å². The van der Waals surface area contributed by atoms with Crippen molar-refractivity contribution in [2.45, 2.75) is 44.3 Å². The molecule has 13 heteroatoms. The lowest BCUT2D eigenvalue weighted by molar-refractivity contribution is -0.128. The van der Waals surface area contributed by atoms with Crippen molar-refractivity contribution in [3.8, 4) is 22.8 Å². The van der Waals surface area contributed by atoms with Gasteiger partial charge in [0, 0.05) is 56.4 Å². The molecule has 1 amide bonds. The molecule has 12 nitrogen and oxygen atoms in total. The first-order chi connectivity index (χ1) is 23.7. The summed E-state index contributed by atoms with van der Waals surface area (Å²) in [6.07, 6.45) is 4.60. The van der Waals surface area contributed by atoms with Crippen molar-refractivity contribution in [3.63, 3.8) is 0 Å². The largest absolute Gasteiger partial charge is 0.457 e. The molecule has 0 radical (unpaired) electrons. The summed E-state index contributed by atoms with van der Waals surface area (Å²) in [7, 11) is 0. The van der Waals surface area contributed by atoms with Gasteiger partial charge in [-0.2, -0.15) is 5.10 Å². The van der Waals surface area contributed by atoms with Crippen LogP contribution in [0.4, 0.5) is 10.2 Å². The Morgan fingerprint density at radius 1 is 1.06 bits per heavy atom. The number of benzene rings is 2. The van der Waals surface area contributed by atoms with E-state index in [0.29, 0.717) is 53.8 Å². The van der Waals surface area contributed by atoms with E-state index < -0.39 is 11.4 Å². The molecule has 49 heavy (non-hydrogen) atoms. The molecule has 1 atom stereocenters. The second-order valence-electron chi connectivity index (χ2n) is 13.4. The molecule has 254 valence electrons. The number of para-hydroxylation sites is 1. The molecular formula is C36H40FN9O3. The van der Waals surface area contributed by atoms with Gasteiger partial charge >= 0.3 is 0 Å². The molecule has 0 saturated carbocycles. The van der Waals surface area contributed by atoms with Crippen molar-refractivity contribution >= 4 is 22.8 Å². The summed E-state index contributed by atoms with van der Waals surface area (Å²) in [5.41, 5.74) is 6.98. The predicted molar refractivity (Wildman–Crippen MR) is 183 cm³/mol. The van der Waals surface area contributed by atoms with Crippen LogP contribution in [0.15, 0.2) is 66.6 Å². The topological polar surface area (TPSA) is 119 Å². The number of amides is 1. The van der Waals surface area contributed by atoms with E-state index in [-0.39, 0.29) is 29.0 Å². The maximum absolute atomic E-state index is 15.7. The van der Waals surface area contributed by atoms with Crippen molar-refractivity contribution in [2.24, 2.45) is 0 Å². The molecule has 3 aliphatic rings. The van der Waals surface area contributed by atoms with Gasteiger partial charge in [0.1, 0.15) is 35.2 Å². The molecule has 3 fully saturated rings. The minimum Gasteiger partial charge on any atom is -0.457 e. The summed E-state index contributed by atoms with van der Waals surface area (Å²) in [4.78, 5) is 32.8. The zero-order valence-corrected chi connectivity index (χ0v) is 27.8. The first kappa shape index (κ1) is 32.6. The number of piperidine rings is 1. The van der Waals surface area contributed by atoms with Crippen LogP contribution in [0.1, 0.15) is 32.7 Å². The zero-order chi connectivity index (χ0) is 34.1. The Kier molecular flexibility index (Phi) is 9.02. The van der Waals surface area contributed by atoms with Crippen molar-refractivity contribution in [1.82, 2.24) is 34.4 Å². The van der Waals surface area contributed by atoms with Gasteiger partial charge in [-0.3, -0.25) is 14.6 Å². The van der Waals surface area contributed by atoms with E-state index in [9.17, 15) is 4.79 Å². The first-order valence-corrected chi connectivity index (χ1v) is 16.7. The Balaban J connectivity index is 1.11. The quantitative estimate of drug-likeness (QED) is 0.210. The molecule has 0 bridgehead atoms. The zero-order valence-electron chi connectivity index (χ0n) is 27.8. The van der Waals surface area contributed by atoms with Crippen LogP contribution in [0.3, 0.4) is 0 Å². The highest BCUT2D eigenvalue weighted by Gasteiger charge is 2.35. The van der Waals surface area contributed by atoms with Gasteiger partial charge in [0.25, 0.3) is 5.91 Å². The number of fused-ring (bicyclic) bond motifs is 1. The summed E-state index contributed by atoms with van der Waals surface area (Å²) >= 11 is 0. The Morgan fingerprint density at radius 3 is 2.53 bits per heavy atom. The van der Waals surface area contributed by atoms with E-state index in [1.165, 1.54) is 12.4 Å². The lowest BCUT2D eigenvalue weighted by Crippen LogP contribution is -2.59. The van der Waals surface area contributed by atoms with Gasteiger partial charge in [-0.15, -0.1) is 0 Å². The Labute approximate surface area is 284 Å². The lowest BCUT2D eigenvalue weighted by atomic mass is 9.98. The molecule has 2 aromatic heterocycles. The molecule has 2 N–H and O–H groups in total. The van der Waals surface area contributed by atoms with Crippen molar-refractivity contribution < 1.29 is 18.7 Å². The molecule has 2 aromatic carbocycles. The molecule has 0 spiro atoms. The lowest BCUT2D eigenvalue weighted by Gasteiger charge is -2.47. The van der Waals surface area contributed by atoms with E-state index in [4.69, 9.17) is 26.9 Å². The first-order valence-electron chi connectivity index (χ1n) is 16.7. The number of carbonyl (C=O) groups excluding carboxylic acids is 1. The second-order valence-corrected chi connectivity index (χ2v) is 13.4. The number of hydrogen-bond acceptors (Lipinski definition) is 9. The van der Waals surface area contributed by atoms with E-state index in [1.807, 2.05) is 24.3 Å². The highest BCUT2D eigenvalue weighted by molar-refractivity contribution is 5.98. The van der Waals surface area contributed by atoms with Gasteiger partial charge in [-0.25, -0.2) is 23.9 Å². The average Bonchev–Trinajstić information content (AvgIpc) is 3.48. The fraction of sp³-hybridized carbons (Fsp3) is 0.417. The molecule has 0 unspecified atom stereocenters. The third kappa shape index (κ3) is 6.59. The van der Waals surface area contributed by atoms with Gasteiger partial charge in [-0.05, 0) is 51.0 Å². The Morgan fingerprint density at radius 2 is 1.84 bits per heavy atom. The average molecular weight is 666 g/mol. The van der Waals surface area contributed by atoms with Crippen molar-refractivity contribution in [1.29, 1.82) is 0 Å². The maximum Gasteiger partial charge on any atom is 0.252 e. The smallest absolute Gasteiger partial charge is 0.252 e. The number of hydrogen-bond donors (Lipinski definition) is 1. The minimum absolute atomic E-state index is 0.109. The summed E-state index contributed by atoms with van der Waals surface area (Å²) in [6, 6.07) is 14.0. The predicted octanol–water partition coefficient (Wildman–Crippen LogP) is 4.77. The SMILES string of the molecule is [C-]#[N+]C(=CC(C)(C)N1CCN(C2COC2)CC1)C(=O)N1CCC[C@H](n2nc(-c3ccc(Oc4ccccc4)cc3F)c3c(N)ncnc32)C1. The van der Waals surface area contributed by atoms with Gasteiger partial charge in [0.05, 0.1) is 37.3 Å². The van der Waals surface area contributed by atoms with Crippen LogP contribution in [0.5, 0.6) is 11.5 Å². The standard InChI is InChI=1S/C36H40FN9O3/c1-36(2,45-16-14-43(15-17-45)25-21-48-22-25)19-30(39-3)35(47)44-13-7-8-24(20-44)46-34-31(33(38)40-23-41-34)32(42-46)28-12-11-27(18-29(28)37)49-26-9-5-4-6-10-26/h4-6,9-12,18-19,23-25H,7-8,13-17,20-22H2,1-2H3,(H2,38,40,41)/t24-/m0/s1. The Bertz CT molecular complexity index is 1910. The monoisotopic (exact) mass is 665 g/mol. The van der Waals surface area contributed by atoms with Crippen LogP contribution in [0.2, 0.25) is 0 Å².